The molecule has 3 heterocycles. The molecule has 1 amide bonds. The first kappa shape index (κ1) is 21.9. The van der Waals surface area contributed by atoms with Crippen molar-refractivity contribution in [3.8, 4) is 11.4 Å². The number of benzene rings is 1. The molecule has 5 rings (SSSR count). The standard InChI is InChI=1S/C22H20F3N7O2/c1-31-19-15(17(30-31)22(23,24)25)10-16(21(34)28-19)20(33)27-13-6-4-5-12(9-13)18-29-26-11-32(18)14-7-2-3-8-14/h4-6,9-11,14H,2-3,7-8H2,1H3,(H,27,33)(H,28,34). The van der Waals surface area contributed by atoms with Gasteiger partial charge in [0.2, 0.25) is 0 Å². The highest BCUT2D eigenvalue weighted by Gasteiger charge is 2.37. The van der Waals surface area contributed by atoms with E-state index in [-0.39, 0.29) is 11.0 Å². The second kappa shape index (κ2) is 8.12. The summed E-state index contributed by atoms with van der Waals surface area (Å²) in [6.45, 7) is 0. The van der Waals surface area contributed by atoms with Gasteiger partial charge < -0.3 is 14.9 Å². The van der Waals surface area contributed by atoms with Gasteiger partial charge in [0.15, 0.2) is 11.5 Å². The molecule has 0 bridgehead atoms. The van der Waals surface area contributed by atoms with Crippen LogP contribution in [0.5, 0.6) is 0 Å². The zero-order valence-electron chi connectivity index (χ0n) is 18.1. The van der Waals surface area contributed by atoms with Crippen LogP contribution in [0.3, 0.4) is 0 Å². The zero-order valence-corrected chi connectivity index (χ0v) is 18.1. The van der Waals surface area contributed by atoms with E-state index in [9.17, 15) is 22.8 Å². The number of aromatic amines is 1. The molecular formula is C22H20F3N7O2. The predicted molar refractivity (Wildman–Crippen MR) is 117 cm³/mol. The number of fused-ring (bicyclic) bond motifs is 1. The maximum Gasteiger partial charge on any atom is 0.435 e. The number of carbonyl (C=O) groups is 1. The van der Waals surface area contributed by atoms with Crippen LogP contribution >= 0.6 is 0 Å². The lowest BCUT2D eigenvalue weighted by molar-refractivity contribution is -0.140. The highest BCUT2D eigenvalue weighted by molar-refractivity contribution is 6.06. The summed E-state index contributed by atoms with van der Waals surface area (Å²) < 4.78 is 43.0. The monoisotopic (exact) mass is 471 g/mol. The van der Waals surface area contributed by atoms with Crippen molar-refractivity contribution in [3.63, 3.8) is 0 Å². The van der Waals surface area contributed by atoms with Gasteiger partial charge in [0.05, 0.1) is 5.39 Å². The largest absolute Gasteiger partial charge is 0.435 e. The fourth-order valence-electron chi connectivity index (χ4n) is 4.42. The van der Waals surface area contributed by atoms with E-state index in [0.29, 0.717) is 17.6 Å². The fourth-order valence-corrected chi connectivity index (χ4v) is 4.42. The molecule has 0 spiro atoms. The molecule has 1 saturated carbocycles. The quantitative estimate of drug-likeness (QED) is 0.469. The van der Waals surface area contributed by atoms with Crippen molar-refractivity contribution in [2.45, 2.75) is 37.9 Å². The molecule has 176 valence electrons. The van der Waals surface area contributed by atoms with Crippen molar-refractivity contribution >= 4 is 22.6 Å². The van der Waals surface area contributed by atoms with E-state index in [1.54, 1.807) is 24.5 Å². The van der Waals surface area contributed by atoms with Crippen molar-refractivity contribution in [1.29, 1.82) is 0 Å². The predicted octanol–water partition coefficient (Wildman–Crippen LogP) is 3.91. The van der Waals surface area contributed by atoms with Crippen LogP contribution in [-0.4, -0.2) is 35.4 Å². The Morgan fingerprint density at radius 1 is 1.21 bits per heavy atom. The third-order valence-corrected chi connectivity index (χ3v) is 6.03. The number of H-pyrrole nitrogens is 1. The van der Waals surface area contributed by atoms with Crippen LogP contribution in [0.4, 0.5) is 18.9 Å². The van der Waals surface area contributed by atoms with E-state index < -0.39 is 28.9 Å². The maximum atomic E-state index is 13.4. The van der Waals surface area contributed by atoms with Crippen LogP contribution in [0.1, 0.15) is 47.8 Å². The second-order valence-corrected chi connectivity index (χ2v) is 8.28. The molecule has 34 heavy (non-hydrogen) atoms. The Kier molecular flexibility index (Phi) is 5.22. The molecule has 0 atom stereocenters. The van der Waals surface area contributed by atoms with Gasteiger partial charge >= 0.3 is 6.18 Å². The SMILES string of the molecule is Cn1nc(C(F)(F)F)c2cc(C(=O)Nc3cccc(-c4nncn4C4CCCC4)c3)c(=O)[nH]c21. The van der Waals surface area contributed by atoms with Gasteiger partial charge in [-0.3, -0.25) is 14.3 Å². The number of aryl methyl sites for hydroxylation is 1. The topological polar surface area (TPSA) is 110 Å². The van der Waals surface area contributed by atoms with Crippen LogP contribution in [0.15, 0.2) is 41.5 Å². The third-order valence-electron chi connectivity index (χ3n) is 6.03. The molecule has 2 N–H and O–H groups in total. The molecule has 1 fully saturated rings. The lowest BCUT2D eigenvalue weighted by atomic mass is 10.1. The number of pyridine rings is 1. The van der Waals surface area contributed by atoms with Gasteiger partial charge in [-0.05, 0) is 31.0 Å². The van der Waals surface area contributed by atoms with Crippen molar-refractivity contribution in [1.82, 2.24) is 29.5 Å². The Labute approximate surface area is 190 Å². The van der Waals surface area contributed by atoms with Crippen molar-refractivity contribution < 1.29 is 18.0 Å². The van der Waals surface area contributed by atoms with Gasteiger partial charge in [-0.1, -0.05) is 25.0 Å². The number of hydrogen-bond donors (Lipinski definition) is 2. The van der Waals surface area contributed by atoms with Gasteiger partial charge in [-0.25, -0.2) is 0 Å². The van der Waals surface area contributed by atoms with Gasteiger partial charge in [-0.15, -0.1) is 10.2 Å². The molecule has 1 aliphatic carbocycles. The number of nitrogens with zero attached hydrogens (tertiary/aromatic N) is 5. The lowest BCUT2D eigenvalue weighted by Gasteiger charge is -2.14. The number of anilines is 1. The first-order chi connectivity index (χ1) is 16.2. The van der Waals surface area contributed by atoms with E-state index in [1.807, 2.05) is 10.6 Å². The van der Waals surface area contributed by atoms with Crippen LogP contribution < -0.4 is 10.9 Å². The summed E-state index contributed by atoms with van der Waals surface area (Å²) in [5.41, 5.74) is -1.49. The molecular weight excluding hydrogens is 451 g/mol. The summed E-state index contributed by atoms with van der Waals surface area (Å²) in [7, 11) is 1.28. The zero-order chi connectivity index (χ0) is 24.0. The Morgan fingerprint density at radius 2 is 1.97 bits per heavy atom. The van der Waals surface area contributed by atoms with Gasteiger partial charge in [0.25, 0.3) is 11.5 Å². The average Bonchev–Trinajstić information content (AvgIpc) is 3.53. The third kappa shape index (κ3) is 3.84. The molecule has 0 saturated heterocycles. The Balaban J connectivity index is 1.46. The number of aromatic nitrogens is 6. The Morgan fingerprint density at radius 3 is 2.71 bits per heavy atom. The number of amides is 1. The summed E-state index contributed by atoms with van der Waals surface area (Å²) in [6, 6.07) is 8.08. The summed E-state index contributed by atoms with van der Waals surface area (Å²) in [5, 5.41) is 13.9. The minimum atomic E-state index is -4.74. The van der Waals surface area contributed by atoms with Crippen LogP contribution in [0.25, 0.3) is 22.4 Å². The summed E-state index contributed by atoms with van der Waals surface area (Å²) >= 11 is 0. The smallest absolute Gasteiger partial charge is 0.322 e. The minimum Gasteiger partial charge on any atom is -0.322 e. The number of nitrogens with one attached hydrogen (secondary N) is 2. The number of alkyl halides is 3. The maximum absolute atomic E-state index is 13.4. The summed E-state index contributed by atoms with van der Waals surface area (Å²) in [6.07, 6.45) is 1.32. The fraction of sp³-hybridized carbons (Fsp3) is 0.318. The molecule has 12 heteroatoms. The van der Waals surface area contributed by atoms with Gasteiger partial charge in [0.1, 0.15) is 17.5 Å². The van der Waals surface area contributed by atoms with Crippen LogP contribution in [0, 0.1) is 0 Å². The van der Waals surface area contributed by atoms with Crippen LogP contribution in [-0.2, 0) is 13.2 Å². The minimum absolute atomic E-state index is 0.123. The molecule has 0 radical (unpaired) electrons. The second-order valence-electron chi connectivity index (χ2n) is 8.28. The van der Waals surface area contributed by atoms with Crippen molar-refractivity contribution in [2.75, 3.05) is 5.32 Å². The van der Waals surface area contributed by atoms with Gasteiger partial charge in [0, 0.05) is 24.3 Å². The van der Waals surface area contributed by atoms with E-state index in [4.69, 9.17) is 0 Å². The lowest BCUT2D eigenvalue weighted by Crippen LogP contribution is -2.23. The van der Waals surface area contributed by atoms with Crippen molar-refractivity contribution in [2.24, 2.45) is 7.05 Å². The highest BCUT2D eigenvalue weighted by atomic mass is 19.4. The van der Waals surface area contributed by atoms with E-state index >= 15 is 0 Å². The Hall–Kier alpha value is -3.96. The average molecular weight is 471 g/mol. The first-order valence-electron chi connectivity index (χ1n) is 10.7. The summed E-state index contributed by atoms with van der Waals surface area (Å²) in [5.74, 6) is -0.179. The molecule has 3 aromatic heterocycles. The number of hydrogen-bond acceptors (Lipinski definition) is 5. The van der Waals surface area contributed by atoms with E-state index in [2.05, 4.69) is 25.6 Å². The summed E-state index contributed by atoms with van der Waals surface area (Å²) in [4.78, 5) is 27.6. The Bertz CT molecular complexity index is 1440. The highest BCUT2D eigenvalue weighted by Crippen LogP contribution is 2.34. The molecule has 4 aromatic rings. The normalized spacial score (nSPS) is 14.7. The van der Waals surface area contributed by atoms with Crippen LogP contribution in [0.2, 0.25) is 0 Å². The first-order valence-corrected chi connectivity index (χ1v) is 10.7. The van der Waals surface area contributed by atoms with Gasteiger partial charge in [-0.2, -0.15) is 18.3 Å². The van der Waals surface area contributed by atoms with Crippen molar-refractivity contribution in [3.05, 3.63) is 58.3 Å². The molecule has 9 nitrogen and oxygen atoms in total. The van der Waals surface area contributed by atoms with E-state index in [1.165, 1.54) is 7.05 Å². The van der Waals surface area contributed by atoms with E-state index in [0.717, 1.165) is 42.0 Å². The molecule has 1 aliphatic rings. The molecule has 0 aliphatic heterocycles. The number of rotatable bonds is 4. The molecule has 1 aromatic carbocycles. The number of carbonyl (C=O) groups excluding carboxylic acids is 1. The molecule has 0 unspecified atom stereocenters. The number of halogens is 3.